The molecule has 0 aromatic rings. The highest BCUT2D eigenvalue weighted by atomic mass is 16.6. The maximum absolute atomic E-state index is 13.1. The fourth-order valence-corrected chi connectivity index (χ4v) is 7.57. The van der Waals surface area contributed by atoms with E-state index in [9.17, 15) is 24.0 Å². The molecular weight excluding hydrogens is 516 g/mol. The summed E-state index contributed by atoms with van der Waals surface area (Å²) in [5, 5.41) is 0. The molecule has 9 nitrogen and oxygen atoms in total. The highest BCUT2D eigenvalue weighted by Gasteiger charge is 2.61. The van der Waals surface area contributed by atoms with Crippen LogP contribution in [0.3, 0.4) is 0 Å². The summed E-state index contributed by atoms with van der Waals surface area (Å²) in [6.45, 7) is 19.2. The molecule has 0 aliphatic heterocycles. The molecule has 2 bridgehead atoms. The predicted molar refractivity (Wildman–Crippen MR) is 146 cm³/mol. The van der Waals surface area contributed by atoms with Crippen molar-refractivity contribution in [3.05, 3.63) is 23.3 Å². The van der Waals surface area contributed by atoms with Crippen molar-refractivity contribution in [2.75, 3.05) is 0 Å². The Bertz CT molecular complexity index is 1130. The molecule has 3 rings (SSSR count). The minimum absolute atomic E-state index is 0.311. The van der Waals surface area contributed by atoms with Crippen LogP contribution in [0.15, 0.2) is 23.3 Å². The summed E-state index contributed by atoms with van der Waals surface area (Å²) < 4.78 is 23.8. The molecular formula is C31H44O9. The topological polar surface area (TPSA) is 122 Å². The number of carbonyl (C=O) groups is 5. The minimum Gasteiger partial charge on any atom is -0.461 e. The van der Waals surface area contributed by atoms with Gasteiger partial charge in [-0.2, -0.15) is 0 Å². The summed E-state index contributed by atoms with van der Waals surface area (Å²) in [5.41, 5.74) is 1.14. The number of carbonyl (C=O) groups excluding carboxylic acids is 5. The maximum atomic E-state index is 13.1. The Morgan fingerprint density at radius 1 is 0.875 bits per heavy atom. The van der Waals surface area contributed by atoms with Crippen LogP contribution in [0.1, 0.15) is 88.0 Å². The Morgan fingerprint density at radius 2 is 1.43 bits per heavy atom. The van der Waals surface area contributed by atoms with Crippen LogP contribution in [-0.2, 0) is 42.9 Å². The monoisotopic (exact) mass is 560 g/mol. The lowest BCUT2D eigenvalue weighted by atomic mass is 9.50. The van der Waals surface area contributed by atoms with Gasteiger partial charge >= 0.3 is 23.9 Å². The normalized spacial score (nSPS) is 33.9. The van der Waals surface area contributed by atoms with Crippen molar-refractivity contribution >= 4 is 29.7 Å². The van der Waals surface area contributed by atoms with Gasteiger partial charge in [0.1, 0.15) is 36.1 Å². The third-order valence-corrected chi connectivity index (χ3v) is 9.24. The van der Waals surface area contributed by atoms with Crippen molar-refractivity contribution < 1.29 is 42.9 Å². The van der Waals surface area contributed by atoms with E-state index in [1.54, 1.807) is 0 Å². The fourth-order valence-electron chi connectivity index (χ4n) is 7.57. The summed E-state index contributed by atoms with van der Waals surface area (Å²) in [4.78, 5) is 62.1. The Kier molecular flexibility index (Phi) is 9.06. The first kappa shape index (κ1) is 31.6. The smallest absolute Gasteiger partial charge is 0.316 e. The number of rotatable bonds is 6. The van der Waals surface area contributed by atoms with Gasteiger partial charge in [0.2, 0.25) is 0 Å². The van der Waals surface area contributed by atoms with Crippen molar-refractivity contribution in [3.63, 3.8) is 0 Å². The van der Waals surface area contributed by atoms with Gasteiger partial charge in [0.15, 0.2) is 0 Å². The molecule has 0 spiro atoms. The van der Waals surface area contributed by atoms with Gasteiger partial charge < -0.3 is 18.9 Å². The lowest BCUT2D eigenvalue weighted by molar-refractivity contribution is -0.187. The largest absolute Gasteiger partial charge is 0.461 e. The zero-order valence-corrected chi connectivity index (χ0v) is 25.3. The van der Waals surface area contributed by atoms with Gasteiger partial charge in [-0.1, -0.05) is 32.9 Å². The van der Waals surface area contributed by atoms with Crippen LogP contribution in [0.5, 0.6) is 0 Å². The second-order valence-corrected chi connectivity index (χ2v) is 12.7. The highest BCUT2D eigenvalue weighted by Crippen LogP contribution is 2.60. The molecule has 1 unspecified atom stereocenters. The van der Waals surface area contributed by atoms with E-state index in [0.717, 1.165) is 11.1 Å². The molecule has 0 aromatic heterocycles. The second kappa shape index (κ2) is 11.5. The van der Waals surface area contributed by atoms with Gasteiger partial charge in [-0.15, -0.1) is 0 Å². The zero-order chi connectivity index (χ0) is 30.3. The van der Waals surface area contributed by atoms with Crippen LogP contribution < -0.4 is 0 Å². The van der Waals surface area contributed by atoms with Gasteiger partial charge in [-0.05, 0) is 62.0 Å². The Morgan fingerprint density at radius 3 is 1.95 bits per heavy atom. The molecule has 3 aliphatic carbocycles. The van der Waals surface area contributed by atoms with E-state index in [-0.39, 0.29) is 5.78 Å². The van der Waals surface area contributed by atoms with Gasteiger partial charge in [-0.25, -0.2) is 0 Å². The van der Waals surface area contributed by atoms with Crippen molar-refractivity contribution in [2.45, 2.75) is 112 Å². The summed E-state index contributed by atoms with van der Waals surface area (Å²) in [6, 6.07) is 0. The highest BCUT2D eigenvalue weighted by molar-refractivity contribution is 5.97. The zero-order valence-electron chi connectivity index (χ0n) is 25.3. The molecule has 0 aromatic carbocycles. The van der Waals surface area contributed by atoms with Crippen LogP contribution in [-0.4, -0.2) is 54.1 Å². The minimum atomic E-state index is -0.952. The molecule has 40 heavy (non-hydrogen) atoms. The van der Waals surface area contributed by atoms with Crippen molar-refractivity contribution in [3.8, 4) is 0 Å². The van der Waals surface area contributed by atoms with Crippen molar-refractivity contribution in [2.24, 2.45) is 28.6 Å². The molecule has 0 saturated heterocycles. The fraction of sp³-hybridized carbons (Fsp3) is 0.710. The summed E-state index contributed by atoms with van der Waals surface area (Å²) in [5.74, 6) is -4.33. The molecule has 8 atom stereocenters. The first-order chi connectivity index (χ1) is 18.4. The first-order valence-electron chi connectivity index (χ1n) is 14.0. The van der Waals surface area contributed by atoms with E-state index in [2.05, 4.69) is 13.5 Å². The molecule has 0 radical (unpaired) electrons. The third kappa shape index (κ3) is 6.03. The quantitative estimate of drug-likeness (QED) is 0.198. The lowest BCUT2D eigenvalue weighted by Crippen LogP contribution is -2.60. The molecule has 9 heteroatoms. The van der Waals surface area contributed by atoms with Crippen LogP contribution >= 0.6 is 0 Å². The molecule has 0 N–H and O–H groups in total. The van der Waals surface area contributed by atoms with E-state index < -0.39 is 76.9 Å². The second-order valence-electron chi connectivity index (χ2n) is 12.7. The number of hydrogen-bond donors (Lipinski definition) is 0. The van der Waals surface area contributed by atoms with Gasteiger partial charge in [0.05, 0.1) is 0 Å². The molecule has 222 valence electrons. The first-order valence-corrected chi connectivity index (χ1v) is 14.0. The Hall–Kier alpha value is -2.97. The van der Waals surface area contributed by atoms with Crippen LogP contribution in [0.4, 0.5) is 0 Å². The number of fused-ring (bicyclic) bond motifs is 3. The molecule has 0 heterocycles. The van der Waals surface area contributed by atoms with Crippen LogP contribution in [0, 0.1) is 28.6 Å². The third-order valence-electron chi connectivity index (χ3n) is 9.24. The van der Waals surface area contributed by atoms with E-state index >= 15 is 0 Å². The lowest BCUT2D eigenvalue weighted by Gasteiger charge is -2.58. The number of hydrogen-bond acceptors (Lipinski definition) is 9. The van der Waals surface area contributed by atoms with E-state index in [1.165, 1.54) is 34.6 Å². The SMILES string of the molecule is C=C1[C@@H](OC(C)=O)CC[C@@]2(C)C[C@H](OC(C)=O)C3=C(C)C[C@H](OC(=O)C(C)C(C)=O)[C@@H]([C@@H](OC(C)=O)[C@H]12)C3(C)C. The molecule has 2 fully saturated rings. The van der Waals surface area contributed by atoms with Crippen LogP contribution in [0.2, 0.25) is 0 Å². The number of ether oxygens (including phenoxy) is 4. The molecule has 0 amide bonds. The number of Topliss-reactive ketones (excluding diaryl/α,β-unsaturated/α-hetero) is 1. The van der Waals surface area contributed by atoms with Gasteiger partial charge in [0.25, 0.3) is 0 Å². The molecule has 2 saturated carbocycles. The van der Waals surface area contributed by atoms with E-state index in [1.807, 2.05) is 20.8 Å². The Balaban J connectivity index is 2.28. The van der Waals surface area contributed by atoms with E-state index in [4.69, 9.17) is 18.9 Å². The molecule has 3 aliphatic rings. The van der Waals surface area contributed by atoms with Crippen LogP contribution in [0.25, 0.3) is 0 Å². The average Bonchev–Trinajstić information content (AvgIpc) is 2.77. The van der Waals surface area contributed by atoms with Crippen molar-refractivity contribution in [1.29, 1.82) is 0 Å². The van der Waals surface area contributed by atoms with E-state index in [0.29, 0.717) is 31.3 Å². The van der Waals surface area contributed by atoms with Gasteiger partial charge in [-0.3, -0.25) is 24.0 Å². The average molecular weight is 561 g/mol. The standard InChI is InChI=1S/C31H44O9/c1-15-13-23(40-29(36)16(2)18(4)32)27-28(39-21(7)35)26-17(3)22(37-19(5)33)11-12-31(26,10)14-24(38-20(6)34)25(15)30(27,8)9/h16,22-24,26-28H,3,11-14H2,1-2,4-10H3/t16?,22-,23-,24-,26-,27-,28-,31-/m0/s1. The Labute approximate surface area is 237 Å². The predicted octanol–water partition coefficient (Wildman–Crippen LogP) is 4.66. The summed E-state index contributed by atoms with van der Waals surface area (Å²) >= 11 is 0. The maximum Gasteiger partial charge on any atom is 0.316 e. The van der Waals surface area contributed by atoms with Gasteiger partial charge in [0, 0.05) is 39.0 Å². The summed E-state index contributed by atoms with van der Waals surface area (Å²) in [6.07, 6.45) is -0.793. The number of esters is 4. The number of ketones is 1. The van der Waals surface area contributed by atoms with Crippen molar-refractivity contribution in [1.82, 2.24) is 0 Å². The summed E-state index contributed by atoms with van der Waals surface area (Å²) in [7, 11) is 0.